The van der Waals surface area contributed by atoms with Crippen LogP contribution >= 0.6 is 11.3 Å². The fourth-order valence-corrected chi connectivity index (χ4v) is 3.40. The van der Waals surface area contributed by atoms with Gasteiger partial charge in [0, 0.05) is 6.20 Å². The molecule has 0 bridgehead atoms. The lowest BCUT2D eigenvalue weighted by molar-refractivity contribution is 0.0906. The van der Waals surface area contributed by atoms with Gasteiger partial charge in [0.15, 0.2) is 0 Å². The van der Waals surface area contributed by atoms with Gasteiger partial charge in [-0.25, -0.2) is 9.78 Å². The first-order chi connectivity index (χ1) is 9.33. The van der Waals surface area contributed by atoms with Crippen molar-refractivity contribution in [2.45, 2.75) is 38.6 Å². The van der Waals surface area contributed by atoms with Gasteiger partial charge in [0.2, 0.25) is 0 Å². The highest BCUT2D eigenvalue weighted by atomic mass is 32.1. The van der Waals surface area contributed by atoms with Gasteiger partial charge in [0.05, 0.1) is 29.2 Å². The molecule has 0 spiro atoms. The van der Waals surface area contributed by atoms with E-state index in [0.29, 0.717) is 19.1 Å². The van der Waals surface area contributed by atoms with E-state index in [4.69, 9.17) is 4.74 Å². The second kappa shape index (κ2) is 5.74. The van der Waals surface area contributed by atoms with Crippen LogP contribution in [-0.2, 0) is 11.3 Å². The molecule has 1 aromatic heterocycles. The number of rotatable bonds is 2. The number of hydrogen-bond donors (Lipinski definition) is 0. The van der Waals surface area contributed by atoms with Crippen molar-refractivity contribution in [3.05, 3.63) is 22.3 Å². The Bertz CT molecular complexity index is 478. The molecule has 1 amide bonds. The van der Waals surface area contributed by atoms with Crippen LogP contribution in [0.4, 0.5) is 4.79 Å². The lowest BCUT2D eigenvalue weighted by Crippen LogP contribution is -2.29. The first kappa shape index (κ1) is 12.7. The monoisotopic (exact) mass is 278 g/mol. The van der Waals surface area contributed by atoms with Crippen LogP contribution in [0, 0.1) is 5.92 Å². The van der Waals surface area contributed by atoms with Crippen LogP contribution in [0.15, 0.2) is 11.7 Å². The third kappa shape index (κ3) is 2.97. The average molecular weight is 278 g/mol. The first-order valence-electron chi connectivity index (χ1n) is 6.87. The molecule has 1 aliphatic heterocycles. The molecule has 1 aromatic rings. The molecular formula is C14H18N2O2S. The van der Waals surface area contributed by atoms with Crippen molar-refractivity contribution in [1.29, 1.82) is 0 Å². The third-order valence-corrected chi connectivity index (χ3v) is 4.63. The van der Waals surface area contributed by atoms with Crippen molar-refractivity contribution in [3.8, 4) is 0 Å². The van der Waals surface area contributed by atoms with Gasteiger partial charge < -0.3 is 4.74 Å². The summed E-state index contributed by atoms with van der Waals surface area (Å²) in [5.41, 5.74) is 2.78. The zero-order chi connectivity index (χ0) is 13.1. The number of aromatic nitrogens is 1. The van der Waals surface area contributed by atoms with E-state index in [0.717, 1.165) is 10.6 Å². The van der Waals surface area contributed by atoms with Crippen molar-refractivity contribution in [2.75, 3.05) is 6.61 Å². The van der Waals surface area contributed by atoms with E-state index >= 15 is 0 Å². The second-order valence-corrected chi connectivity index (χ2v) is 6.12. The molecule has 0 atom stereocenters. The van der Waals surface area contributed by atoms with Crippen LogP contribution in [0.1, 0.15) is 42.7 Å². The number of nitrogens with zero attached hydrogens (tertiary/aromatic N) is 2. The Morgan fingerprint density at radius 2 is 2.26 bits per heavy atom. The maximum Gasteiger partial charge on any atom is 0.414 e. The largest absolute Gasteiger partial charge is 0.449 e. The molecular weight excluding hydrogens is 260 g/mol. The zero-order valence-electron chi connectivity index (χ0n) is 10.9. The van der Waals surface area contributed by atoms with Gasteiger partial charge in [-0.15, -0.1) is 11.3 Å². The summed E-state index contributed by atoms with van der Waals surface area (Å²) in [7, 11) is 0. The minimum atomic E-state index is -0.235. The highest BCUT2D eigenvalue weighted by Crippen LogP contribution is 2.25. The summed E-state index contributed by atoms with van der Waals surface area (Å²) in [6, 6.07) is 0. The molecule has 1 saturated carbocycles. The van der Waals surface area contributed by atoms with E-state index in [1.165, 1.54) is 32.1 Å². The number of carbonyl (C=O) groups excluding carboxylic acids is 1. The van der Waals surface area contributed by atoms with Crippen LogP contribution in [0.3, 0.4) is 0 Å². The zero-order valence-corrected chi connectivity index (χ0v) is 11.7. The van der Waals surface area contributed by atoms with Gasteiger partial charge in [-0.1, -0.05) is 19.3 Å². The number of carbonyl (C=O) groups is 1. The molecule has 0 unspecified atom stereocenters. The molecule has 0 N–H and O–H groups in total. The van der Waals surface area contributed by atoms with Crippen molar-refractivity contribution >= 4 is 23.5 Å². The predicted molar refractivity (Wildman–Crippen MR) is 74.6 cm³/mol. The van der Waals surface area contributed by atoms with E-state index in [9.17, 15) is 4.79 Å². The van der Waals surface area contributed by atoms with Crippen LogP contribution in [0.5, 0.6) is 0 Å². The molecule has 0 aromatic carbocycles. The molecule has 4 nitrogen and oxygen atoms in total. The summed E-state index contributed by atoms with van der Waals surface area (Å²) >= 11 is 1.58. The van der Waals surface area contributed by atoms with Crippen molar-refractivity contribution in [1.82, 2.24) is 9.88 Å². The molecule has 3 rings (SSSR count). The van der Waals surface area contributed by atoms with Crippen molar-refractivity contribution < 1.29 is 9.53 Å². The summed E-state index contributed by atoms with van der Waals surface area (Å²) in [6.45, 7) is 1.15. The van der Waals surface area contributed by atoms with E-state index in [2.05, 4.69) is 4.98 Å². The summed E-state index contributed by atoms with van der Waals surface area (Å²) < 4.78 is 5.43. The van der Waals surface area contributed by atoms with Gasteiger partial charge in [0.1, 0.15) is 0 Å². The number of hydrogen-bond acceptors (Lipinski definition) is 4. The highest BCUT2D eigenvalue weighted by Gasteiger charge is 2.21. The number of thiazole rings is 1. The molecule has 5 heteroatoms. The molecule has 0 radical (unpaired) electrons. The summed E-state index contributed by atoms with van der Waals surface area (Å²) in [6.07, 6.45) is 9.67. The lowest BCUT2D eigenvalue weighted by atomic mass is 9.90. The van der Waals surface area contributed by atoms with Crippen LogP contribution in [0.25, 0.3) is 6.08 Å². The van der Waals surface area contributed by atoms with E-state index in [1.54, 1.807) is 22.4 Å². The minimum absolute atomic E-state index is 0.235. The lowest BCUT2D eigenvalue weighted by Gasteiger charge is -2.24. The van der Waals surface area contributed by atoms with Crippen molar-refractivity contribution in [3.63, 3.8) is 0 Å². The van der Waals surface area contributed by atoms with Gasteiger partial charge >= 0.3 is 6.09 Å². The van der Waals surface area contributed by atoms with E-state index in [1.807, 2.05) is 11.6 Å². The number of ether oxygens (including phenoxy) is 1. The highest BCUT2D eigenvalue weighted by molar-refractivity contribution is 7.09. The molecule has 1 fully saturated rings. The molecule has 1 aliphatic carbocycles. The number of amides is 1. The topological polar surface area (TPSA) is 42.4 Å². The summed E-state index contributed by atoms with van der Waals surface area (Å²) in [5.74, 6) is 0.561. The Morgan fingerprint density at radius 1 is 1.42 bits per heavy atom. The summed E-state index contributed by atoms with van der Waals surface area (Å²) in [4.78, 5) is 19.0. The van der Waals surface area contributed by atoms with Crippen LogP contribution < -0.4 is 0 Å². The Kier molecular flexibility index (Phi) is 3.82. The standard InChI is InChI=1S/C14H18N2O2S/c17-14(18-9-11-4-2-1-3-5-11)16-7-6-12-13(8-16)19-10-15-12/h6-7,10-11H,1-5,8-9H2. The molecule has 102 valence electrons. The smallest absolute Gasteiger partial charge is 0.414 e. The normalized spacial score (nSPS) is 19.3. The SMILES string of the molecule is O=C(OCC1CCCCC1)N1C=Cc2ncsc2C1. The van der Waals surface area contributed by atoms with E-state index < -0.39 is 0 Å². The molecule has 2 heterocycles. The third-order valence-electron chi connectivity index (χ3n) is 3.80. The Labute approximate surface area is 117 Å². The van der Waals surface area contributed by atoms with Crippen LogP contribution in [0.2, 0.25) is 0 Å². The predicted octanol–water partition coefficient (Wildman–Crippen LogP) is 3.65. The molecule has 2 aliphatic rings. The van der Waals surface area contributed by atoms with Crippen LogP contribution in [-0.4, -0.2) is 22.6 Å². The number of fused-ring (bicyclic) bond motifs is 1. The average Bonchev–Trinajstić information content (AvgIpc) is 2.93. The maximum absolute atomic E-state index is 12.0. The molecule has 19 heavy (non-hydrogen) atoms. The van der Waals surface area contributed by atoms with Crippen molar-refractivity contribution in [2.24, 2.45) is 5.92 Å². The first-order valence-corrected chi connectivity index (χ1v) is 7.75. The van der Waals surface area contributed by atoms with Gasteiger partial charge in [0.25, 0.3) is 0 Å². The Morgan fingerprint density at radius 3 is 3.11 bits per heavy atom. The fraction of sp³-hybridized carbons (Fsp3) is 0.571. The van der Waals surface area contributed by atoms with Gasteiger partial charge in [-0.3, -0.25) is 4.90 Å². The second-order valence-electron chi connectivity index (χ2n) is 5.19. The summed E-state index contributed by atoms with van der Waals surface area (Å²) in [5, 5.41) is 0. The quantitative estimate of drug-likeness (QED) is 0.829. The van der Waals surface area contributed by atoms with E-state index in [-0.39, 0.29) is 6.09 Å². The minimum Gasteiger partial charge on any atom is -0.449 e. The Balaban J connectivity index is 1.51. The van der Waals surface area contributed by atoms with Gasteiger partial charge in [-0.2, -0.15) is 0 Å². The van der Waals surface area contributed by atoms with Gasteiger partial charge in [-0.05, 0) is 24.8 Å². The Hall–Kier alpha value is -1.36. The maximum atomic E-state index is 12.0. The molecule has 0 saturated heterocycles. The fourth-order valence-electron chi connectivity index (χ4n) is 2.65.